The molecule has 5 nitrogen and oxygen atoms in total. The number of likely N-dealkylation sites (tertiary alicyclic amines) is 1. The minimum atomic E-state index is -0.189. The summed E-state index contributed by atoms with van der Waals surface area (Å²) < 4.78 is 0. The number of hydrogen-bond acceptors (Lipinski definition) is 4. The Morgan fingerprint density at radius 3 is 2.33 bits per heavy atom. The van der Waals surface area contributed by atoms with Gasteiger partial charge in [0.15, 0.2) is 0 Å². The molecule has 3 heterocycles. The molecular weight excluding hydrogens is 302 g/mol. The number of piperidine rings is 1. The summed E-state index contributed by atoms with van der Waals surface area (Å²) >= 11 is 0. The SMILES string of the molecule is CC(C)N1CC2(CN(c3ccc(C4CCC(=O)NC4=O)cc3)C2)C1. The van der Waals surface area contributed by atoms with Crippen molar-refractivity contribution in [3.63, 3.8) is 0 Å². The van der Waals surface area contributed by atoms with Gasteiger partial charge in [0.1, 0.15) is 0 Å². The Labute approximate surface area is 143 Å². The number of imide groups is 1. The van der Waals surface area contributed by atoms with Crippen molar-refractivity contribution >= 4 is 17.5 Å². The summed E-state index contributed by atoms with van der Waals surface area (Å²) in [6, 6.07) is 8.97. The lowest BCUT2D eigenvalue weighted by atomic mass is 9.72. The van der Waals surface area contributed by atoms with Gasteiger partial charge in [-0.05, 0) is 38.0 Å². The van der Waals surface area contributed by atoms with E-state index in [0.717, 1.165) is 18.7 Å². The number of rotatable bonds is 3. The van der Waals surface area contributed by atoms with Crippen LogP contribution in [0.2, 0.25) is 0 Å². The van der Waals surface area contributed by atoms with Crippen molar-refractivity contribution < 1.29 is 9.59 Å². The van der Waals surface area contributed by atoms with Gasteiger partial charge >= 0.3 is 0 Å². The molecule has 2 amide bonds. The van der Waals surface area contributed by atoms with Crippen molar-refractivity contribution in [1.82, 2.24) is 10.2 Å². The average molecular weight is 327 g/mol. The van der Waals surface area contributed by atoms with E-state index in [1.54, 1.807) is 0 Å². The zero-order chi connectivity index (χ0) is 16.9. The first-order valence-corrected chi connectivity index (χ1v) is 8.88. The van der Waals surface area contributed by atoms with Crippen LogP contribution in [0.25, 0.3) is 0 Å². The van der Waals surface area contributed by atoms with Crippen molar-refractivity contribution in [3.8, 4) is 0 Å². The van der Waals surface area contributed by atoms with E-state index in [4.69, 9.17) is 0 Å². The first-order chi connectivity index (χ1) is 11.5. The normalized spacial score (nSPS) is 26.3. The lowest BCUT2D eigenvalue weighted by Gasteiger charge is -2.62. The molecule has 1 spiro atoms. The van der Waals surface area contributed by atoms with Crippen LogP contribution in [0.15, 0.2) is 24.3 Å². The summed E-state index contributed by atoms with van der Waals surface area (Å²) in [5.74, 6) is -0.509. The van der Waals surface area contributed by atoms with Crippen molar-refractivity contribution in [3.05, 3.63) is 29.8 Å². The molecule has 4 rings (SSSR count). The van der Waals surface area contributed by atoms with E-state index in [2.05, 4.69) is 41.1 Å². The molecule has 0 saturated carbocycles. The number of anilines is 1. The van der Waals surface area contributed by atoms with Gasteiger partial charge < -0.3 is 4.90 Å². The molecule has 3 aliphatic heterocycles. The summed E-state index contributed by atoms with van der Waals surface area (Å²) in [5.41, 5.74) is 2.75. The molecule has 24 heavy (non-hydrogen) atoms. The maximum atomic E-state index is 12.0. The van der Waals surface area contributed by atoms with Crippen LogP contribution < -0.4 is 10.2 Å². The van der Waals surface area contributed by atoms with Crippen LogP contribution in [0, 0.1) is 5.41 Å². The van der Waals surface area contributed by atoms with E-state index in [-0.39, 0.29) is 17.7 Å². The molecule has 3 fully saturated rings. The maximum Gasteiger partial charge on any atom is 0.234 e. The Morgan fingerprint density at radius 2 is 1.75 bits per heavy atom. The van der Waals surface area contributed by atoms with E-state index in [1.807, 2.05) is 12.1 Å². The van der Waals surface area contributed by atoms with E-state index in [0.29, 0.717) is 24.3 Å². The highest BCUT2D eigenvalue weighted by Crippen LogP contribution is 2.42. The maximum absolute atomic E-state index is 12.0. The monoisotopic (exact) mass is 327 g/mol. The van der Waals surface area contributed by atoms with Crippen molar-refractivity contribution in [2.24, 2.45) is 5.41 Å². The molecule has 128 valence electrons. The number of benzene rings is 1. The fourth-order valence-electron chi connectivity index (χ4n) is 4.26. The first-order valence-electron chi connectivity index (χ1n) is 8.88. The van der Waals surface area contributed by atoms with Gasteiger partial charge in [-0.2, -0.15) is 0 Å². The fraction of sp³-hybridized carbons (Fsp3) is 0.579. The third-order valence-corrected chi connectivity index (χ3v) is 5.76. The topological polar surface area (TPSA) is 52.6 Å². The number of nitrogens with one attached hydrogen (secondary N) is 1. The van der Waals surface area contributed by atoms with Crippen LogP contribution in [0.3, 0.4) is 0 Å². The largest absolute Gasteiger partial charge is 0.370 e. The Balaban J connectivity index is 1.36. The number of amides is 2. The lowest BCUT2D eigenvalue weighted by molar-refractivity contribution is -0.134. The number of hydrogen-bond donors (Lipinski definition) is 1. The van der Waals surface area contributed by atoms with Gasteiger partial charge in [0.2, 0.25) is 11.8 Å². The van der Waals surface area contributed by atoms with Gasteiger partial charge in [0, 0.05) is 49.7 Å². The van der Waals surface area contributed by atoms with Gasteiger partial charge in [-0.3, -0.25) is 19.8 Å². The molecule has 3 aliphatic rings. The Bertz CT molecular complexity index is 654. The molecule has 1 aromatic carbocycles. The fourth-order valence-corrected chi connectivity index (χ4v) is 4.26. The number of nitrogens with zero attached hydrogens (tertiary/aromatic N) is 2. The summed E-state index contributed by atoms with van der Waals surface area (Å²) in [7, 11) is 0. The summed E-state index contributed by atoms with van der Waals surface area (Å²) in [4.78, 5) is 28.2. The van der Waals surface area contributed by atoms with Gasteiger partial charge in [-0.1, -0.05) is 12.1 Å². The third-order valence-electron chi connectivity index (χ3n) is 5.76. The highest BCUT2D eigenvalue weighted by atomic mass is 16.2. The van der Waals surface area contributed by atoms with Crippen LogP contribution in [-0.2, 0) is 9.59 Å². The van der Waals surface area contributed by atoms with E-state index < -0.39 is 0 Å². The molecule has 1 unspecified atom stereocenters. The highest BCUT2D eigenvalue weighted by Gasteiger charge is 2.52. The predicted octanol–water partition coefficient (Wildman–Crippen LogP) is 1.74. The standard InChI is InChI=1S/C19H25N3O2/c1-13(2)21-9-19(10-21)11-22(12-19)15-5-3-14(4-6-15)16-7-8-17(23)20-18(16)24/h3-6,13,16H,7-12H2,1-2H3,(H,20,23,24). The minimum Gasteiger partial charge on any atom is -0.370 e. The smallest absolute Gasteiger partial charge is 0.234 e. The minimum absolute atomic E-state index is 0.158. The van der Waals surface area contributed by atoms with Gasteiger partial charge in [0.25, 0.3) is 0 Å². The average Bonchev–Trinajstić information content (AvgIpc) is 2.45. The highest BCUT2D eigenvalue weighted by molar-refractivity contribution is 6.00. The molecule has 0 bridgehead atoms. The van der Waals surface area contributed by atoms with Crippen LogP contribution in [-0.4, -0.2) is 48.9 Å². The van der Waals surface area contributed by atoms with Gasteiger partial charge in [-0.15, -0.1) is 0 Å². The Kier molecular flexibility index (Phi) is 3.64. The molecule has 0 radical (unpaired) electrons. The predicted molar refractivity (Wildman–Crippen MR) is 92.9 cm³/mol. The van der Waals surface area contributed by atoms with E-state index in [1.165, 1.54) is 18.8 Å². The van der Waals surface area contributed by atoms with E-state index >= 15 is 0 Å². The Morgan fingerprint density at radius 1 is 1.08 bits per heavy atom. The molecule has 0 aliphatic carbocycles. The lowest BCUT2D eigenvalue weighted by Crippen LogP contribution is -2.73. The molecule has 3 saturated heterocycles. The summed E-state index contributed by atoms with van der Waals surface area (Å²) in [6.45, 7) is 9.22. The van der Waals surface area contributed by atoms with Crippen LogP contribution >= 0.6 is 0 Å². The van der Waals surface area contributed by atoms with Crippen LogP contribution in [0.1, 0.15) is 38.2 Å². The quantitative estimate of drug-likeness (QED) is 0.859. The molecular formula is C19H25N3O2. The number of carbonyl (C=O) groups excluding carboxylic acids is 2. The van der Waals surface area contributed by atoms with Gasteiger partial charge in [-0.25, -0.2) is 0 Å². The molecule has 1 atom stereocenters. The number of carbonyl (C=O) groups is 2. The van der Waals surface area contributed by atoms with Crippen LogP contribution in [0.5, 0.6) is 0 Å². The van der Waals surface area contributed by atoms with Crippen LogP contribution in [0.4, 0.5) is 5.69 Å². The zero-order valence-corrected chi connectivity index (χ0v) is 14.4. The molecule has 5 heteroatoms. The second kappa shape index (κ2) is 5.59. The third kappa shape index (κ3) is 2.61. The summed E-state index contributed by atoms with van der Waals surface area (Å²) in [5, 5.41) is 2.43. The zero-order valence-electron chi connectivity index (χ0n) is 14.4. The van der Waals surface area contributed by atoms with Crippen molar-refractivity contribution in [2.45, 2.75) is 38.6 Å². The van der Waals surface area contributed by atoms with Crippen molar-refractivity contribution in [2.75, 3.05) is 31.1 Å². The molecule has 1 aromatic rings. The molecule has 1 N–H and O–H groups in total. The van der Waals surface area contributed by atoms with Gasteiger partial charge in [0.05, 0.1) is 5.92 Å². The molecule has 0 aromatic heterocycles. The Hall–Kier alpha value is -1.88. The first kappa shape index (κ1) is 15.6. The summed E-state index contributed by atoms with van der Waals surface area (Å²) in [6.07, 6.45) is 1.04. The second-order valence-corrected chi connectivity index (χ2v) is 7.95. The second-order valence-electron chi connectivity index (χ2n) is 7.95. The van der Waals surface area contributed by atoms with Crippen molar-refractivity contribution in [1.29, 1.82) is 0 Å². The van der Waals surface area contributed by atoms with E-state index in [9.17, 15) is 9.59 Å².